The van der Waals surface area contributed by atoms with Crippen LogP contribution in [0.25, 0.3) is 10.6 Å². The molecule has 0 saturated heterocycles. The van der Waals surface area contributed by atoms with Crippen molar-refractivity contribution in [1.29, 1.82) is 0 Å². The molecule has 130 valence electrons. The molecule has 1 aromatic carbocycles. The van der Waals surface area contributed by atoms with E-state index in [2.05, 4.69) is 34.0 Å². The number of hydrogen-bond donors (Lipinski definition) is 2. The van der Waals surface area contributed by atoms with Gasteiger partial charge in [-0.1, -0.05) is 37.3 Å². The van der Waals surface area contributed by atoms with Crippen LogP contribution in [0.2, 0.25) is 0 Å². The Morgan fingerprint density at radius 2 is 1.92 bits per heavy atom. The van der Waals surface area contributed by atoms with Gasteiger partial charge in [0, 0.05) is 17.5 Å². The van der Waals surface area contributed by atoms with Crippen molar-refractivity contribution in [2.75, 3.05) is 0 Å². The molecule has 4 N–H and O–H groups in total. The summed E-state index contributed by atoms with van der Waals surface area (Å²) in [5.74, 6) is 6.34. The van der Waals surface area contributed by atoms with Crippen LogP contribution in [-0.2, 0) is 0 Å². The third-order valence-corrected chi connectivity index (χ3v) is 4.78. The second-order valence-electron chi connectivity index (χ2n) is 5.63. The van der Waals surface area contributed by atoms with E-state index in [9.17, 15) is 0 Å². The minimum atomic E-state index is -0.0580. The second-order valence-corrected chi connectivity index (χ2v) is 6.63. The maximum absolute atomic E-state index is 5.32. The largest absolute Gasteiger partial charge is 0.369 e. The minimum absolute atomic E-state index is 0.0580. The van der Waals surface area contributed by atoms with Gasteiger partial charge >= 0.3 is 0 Å². The molecule has 6 heteroatoms. The van der Waals surface area contributed by atoms with Crippen LogP contribution in [0.4, 0.5) is 0 Å². The van der Waals surface area contributed by atoms with Crippen molar-refractivity contribution in [2.45, 2.75) is 40.0 Å². The summed E-state index contributed by atoms with van der Waals surface area (Å²) in [5, 5.41) is 8.67. The number of aromatic nitrogens is 1. The van der Waals surface area contributed by atoms with Crippen molar-refractivity contribution in [3.8, 4) is 22.4 Å². The van der Waals surface area contributed by atoms with Gasteiger partial charge in [0.1, 0.15) is 5.01 Å². The fourth-order valence-electron chi connectivity index (χ4n) is 2.16. The van der Waals surface area contributed by atoms with E-state index in [1.165, 1.54) is 6.42 Å². The zero-order valence-corrected chi connectivity index (χ0v) is 15.7. The van der Waals surface area contributed by atoms with Crippen LogP contribution in [-0.4, -0.2) is 16.7 Å². The molecule has 0 amide bonds. The maximum Gasteiger partial charge on any atom is 0.211 e. The Bertz CT molecular complexity index is 831. The Labute approximate surface area is 152 Å². The van der Waals surface area contributed by atoms with Crippen molar-refractivity contribution in [3.05, 3.63) is 40.4 Å². The van der Waals surface area contributed by atoms with Gasteiger partial charge < -0.3 is 11.5 Å². The third kappa shape index (κ3) is 5.44. The first-order valence-electron chi connectivity index (χ1n) is 8.21. The number of aryl methyl sites for hydroxylation is 1. The van der Waals surface area contributed by atoms with Crippen molar-refractivity contribution >= 4 is 23.0 Å². The maximum atomic E-state index is 5.32. The highest BCUT2D eigenvalue weighted by atomic mass is 32.1. The Morgan fingerprint density at radius 1 is 1.20 bits per heavy atom. The topological polar surface area (TPSA) is 89.6 Å². The minimum Gasteiger partial charge on any atom is -0.369 e. The first kappa shape index (κ1) is 18.7. The van der Waals surface area contributed by atoms with E-state index in [0.29, 0.717) is 0 Å². The predicted molar refractivity (Wildman–Crippen MR) is 107 cm³/mol. The van der Waals surface area contributed by atoms with E-state index in [-0.39, 0.29) is 5.96 Å². The molecule has 0 bridgehead atoms. The van der Waals surface area contributed by atoms with Gasteiger partial charge in [-0.2, -0.15) is 5.10 Å². The molecule has 2 aromatic rings. The monoisotopic (exact) mass is 353 g/mol. The van der Waals surface area contributed by atoms with Crippen molar-refractivity contribution in [3.63, 3.8) is 0 Å². The average Bonchev–Trinajstić information content (AvgIpc) is 2.99. The van der Waals surface area contributed by atoms with E-state index < -0.39 is 0 Å². The van der Waals surface area contributed by atoms with E-state index in [4.69, 9.17) is 11.5 Å². The third-order valence-electron chi connectivity index (χ3n) is 3.46. The molecule has 2 rings (SSSR count). The number of hydrogen-bond acceptors (Lipinski definition) is 4. The number of rotatable bonds is 5. The molecule has 0 aliphatic heterocycles. The predicted octanol–water partition coefficient (Wildman–Crippen LogP) is 3.66. The molecule has 0 fully saturated rings. The lowest BCUT2D eigenvalue weighted by atomic mass is 10.1. The molecule has 0 spiro atoms. The van der Waals surface area contributed by atoms with Crippen molar-refractivity contribution in [1.82, 2.24) is 4.98 Å². The van der Waals surface area contributed by atoms with Crippen molar-refractivity contribution < 1.29 is 0 Å². The molecule has 0 unspecified atom stereocenters. The zero-order valence-electron chi connectivity index (χ0n) is 14.8. The summed E-state index contributed by atoms with van der Waals surface area (Å²) in [5.41, 5.74) is 14.4. The van der Waals surface area contributed by atoms with E-state index >= 15 is 0 Å². The molecule has 0 aliphatic carbocycles. The molecule has 5 nitrogen and oxygen atoms in total. The van der Waals surface area contributed by atoms with Crippen molar-refractivity contribution in [2.24, 2.45) is 21.7 Å². The van der Waals surface area contributed by atoms with Crippen LogP contribution in [0.5, 0.6) is 0 Å². The van der Waals surface area contributed by atoms with Crippen LogP contribution in [0.1, 0.15) is 49.2 Å². The molecule has 0 atom stereocenters. The zero-order chi connectivity index (χ0) is 18.2. The SMILES string of the molecule is CCCCC#Cc1ccc(-c2nc(C)c(/C(C)=N\N=C(N)N)s2)cc1. The van der Waals surface area contributed by atoms with Crippen LogP contribution in [0, 0.1) is 18.8 Å². The number of guanidine groups is 1. The standard InChI is InChI=1S/C19H23N5S/c1-4-5-6-7-8-15-9-11-16(12-10-15)18-22-13(2)17(25-18)14(3)23-24-19(20)21/h9-12H,4-6H2,1-3H3,(H4,20,21,24)/b23-14-. The molecule has 1 aromatic heterocycles. The van der Waals surface area contributed by atoms with Gasteiger partial charge in [-0.3, -0.25) is 0 Å². The van der Waals surface area contributed by atoms with Crippen LogP contribution >= 0.6 is 11.3 Å². The molecular formula is C19H23N5S. The highest BCUT2D eigenvalue weighted by Gasteiger charge is 2.12. The van der Waals surface area contributed by atoms with Gasteiger partial charge in [-0.15, -0.1) is 16.4 Å². The van der Waals surface area contributed by atoms with Gasteiger partial charge in [-0.25, -0.2) is 4.98 Å². The van der Waals surface area contributed by atoms with Gasteiger partial charge in [0.05, 0.1) is 16.3 Å². The summed E-state index contributed by atoms with van der Waals surface area (Å²) in [6.07, 6.45) is 3.26. The number of nitrogens with two attached hydrogens (primary N) is 2. The fourth-order valence-corrected chi connectivity index (χ4v) is 3.17. The summed E-state index contributed by atoms with van der Waals surface area (Å²) in [6, 6.07) is 8.17. The van der Waals surface area contributed by atoms with E-state index in [1.807, 2.05) is 38.1 Å². The highest BCUT2D eigenvalue weighted by Crippen LogP contribution is 2.28. The molecule has 25 heavy (non-hydrogen) atoms. The van der Waals surface area contributed by atoms with Crippen LogP contribution < -0.4 is 11.5 Å². The normalized spacial score (nSPS) is 10.9. The van der Waals surface area contributed by atoms with E-state index in [1.54, 1.807) is 11.3 Å². The Kier molecular flexibility index (Phi) is 6.72. The summed E-state index contributed by atoms with van der Waals surface area (Å²) in [4.78, 5) is 5.61. The lowest BCUT2D eigenvalue weighted by Gasteiger charge is -1.96. The smallest absolute Gasteiger partial charge is 0.211 e. The first-order valence-corrected chi connectivity index (χ1v) is 9.03. The van der Waals surface area contributed by atoms with E-state index in [0.717, 1.165) is 45.3 Å². The molecule has 0 saturated carbocycles. The summed E-state index contributed by atoms with van der Waals surface area (Å²) >= 11 is 1.57. The van der Waals surface area contributed by atoms with Crippen LogP contribution in [0.3, 0.4) is 0 Å². The number of nitrogens with zero attached hydrogens (tertiary/aromatic N) is 3. The van der Waals surface area contributed by atoms with Gasteiger partial charge in [0.25, 0.3) is 0 Å². The molecular weight excluding hydrogens is 330 g/mol. The average molecular weight is 353 g/mol. The Balaban J connectivity index is 2.19. The number of benzene rings is 1. The Hall–Kier alpha value is -2.65. The summed E-state index contributed by atoms with van der Waals surface area (Å²) in [6.45, 7) is 5.99. The molecule has 0 radical (unpaired) electrons. The van der Waals surface area contributed by atoms with Gasteiger partial charge in [0.15, 0.2) is 0 Å². The number of thiazole rings is 1. The summed E-state index contributed by atoms with van der Waals surface area (Å²) < 4.78 is 0. The molecule has 1 heterocycles. The summed E-state index contributed by atoms with van der Waals surface area (Å²) in [7, 11) is 0. The van der Waals surface area contributed by atoms with Gasteiger partial charge in [0.2, 0.25) is 5.96 Å². The highest BCUT2D eigenvalue weighted by molar-refractivity contribution is 7.17. The second kappa shape index (κ2) is 9.00. The molecule has 0 aliphatic rings. The Morgan fingerprint density at radius 3 is 2.56 bits per heavy atom. The fraction of sp³-hybridized carbons (Fsp3) is 0.316. The quantitative estimate of drug-likeness (QED) is 0.283. The number of unbranched alkanes of at least 4 members (excludes halogenated alkanes) is 2. The van der Waals surface area contributed by atoms with Gasteiger partial charge in [-0.05, 0) is 32.4 Å². The first-order chi connectivity index (χ1) is 12.0. The van der Waals surface area contributed by atoms with Crippen LogP contribution in [0.15, 0.2) is 34.5 Å². The lowest BCUT2D eigenvalue weighted by Crippen LogP contribution is -2.22. The lowest BCUT2D eigenvalue weighted by molar-refractivity contribution is 0.828.